The Hall–Kier alpha value is -1.91. The van der Waals surface area contributed by atoms with Crippen molar-refractivity contribution < 1.29 is 0 Å². The van der Waals surface area contributed by atoms with Crippen molar-refractivity contribution in [2.75, 3.05) is 5.32 Å². The van der Waals surface area contributed by atoms with Crippen LogP contribution in [0.1, 0.15) is 63.8 Å². The summed E-state index contributed by atoms with van der Waals surface area (Å²) in [4.78, 5) is 21.6. The molecule has 0 atom stereocenters. The van der Waals surface area contributed by atoms with Crippen molar-refractivity contribution in [3.8, 4) is 0 Å². The number of nitrogens with zero attached hydrogens (tertiary/aromatic N) is 3. The first-order chi connectivity index (χ1) is 11.3. The van der Waals surface area contributed by atoms with Crippen molar-refractivity contribution in [2.45, 2.75) is 69.9 Å². The molecule has 2 aliphatic rings. The van der Waals surface area contributed by atoms with E-state index in [2.05, 4.69) is 10.3 Å². The van der Waals surface area contributed by atoms with E-state index in [1.807, 2.05) is 16.8 Å². The summed E-state index contributed by atoms with van der Waals surface area (Å²) in [6, 6.07) is 4.26. The Morgan fingerprint density at radius 1 is 1.00 bits per heavy atom. The van der Waals surface area contributed by atoms with Crippen LogP contribution >= 0.6 is 0 Å². The van der Waals surface area contributed by atoms with Crippen molar-refractivity contribution in [3.05, 3.63) is 28.7 Å². The molecule has 2 saturated carbocycles. The third-order valence-electron chi connectivity index (χ3n) is 5.30. The molecular weight excluding hydrogens is 288 g/mol. The summed E-state index contributed by atoms with van der Waals surface area (Å²) in [6.07, 6.45) is 12.7. The van der Waals surface area contributed by atoms with Crippen LogP contribution in [0, 0.1) is 0 Å². The third kappa shape index (κ3) is 2.96. The highest BCUT2D eigenvalue weighted by Crippen LogP contribution is 2.30. The topological polar surface area (TPSA) is 59.8 Å². The lowest BCUT2D eigenvalue weighted by molar-refractivity contribution is 0.460. The molecule has 5 nitrogen and oxygen atoms in total. The van der Waals surface area contributed by atoms with Gasteiger partial charge in [-0.15, -0.1) is 0 Å². The molecule has 0 bridgehead atoms. The molecule has 1 N–H and O–H groups in total. The van der Waals surface area contributed by atoms with Crippen LogP contribution in [0.5, 0.6) is 0 Å². The summed E-state index contributed by atoms with van der Waals surface area (Å²) in [7, 11) is 0. The van der Waals surface area contributed by atoms with Crippen molar-refractivity contribution in [1.82, 2.24) is 14.5 Å². The molecule has 0 saturated heterocycles. The highest BCUT2D eigenvalue weighted by Gasteiger charge is 2.21. The smallest absolute Gasteiger partial charge is 0.252 e. The van der Waals surface area contributed by atoms with Gasteiger partial charge in [0.25, 0.3) is 5.56 Å². The minimum atomic E-state index is 0.0618. The molecule has 2 fully saturated rings. The number of rotatable bonds is 3. The molecule has 0 spiro atoms. The van der Waals surface area contributed by atoms with Crippen LogP contribution in [0.3, 0.4) is 0 Å². The standard InChI is InChI=1S/C18H24N4O/c23-16-11-10-13-12-19-18(20-14-6-2-1-3-7-14)21-17(13)22(16)15-8-4-5-9-15/h10-12,14-15H,1-9H2,(H,19,20,21). The Balaban J connectivity index is 1.71. The lowest BCUT2D eigenvalue weighted by Crippen LogP contribution is -2.26. The predicted molar refractivity (Wildman–Crippen MR) is 91.8 cm³/mol. The normalized spacial score (nSPS) is 20.2. The molecular formula is C18H24N4O. The number of hydrogen-bond donors (Lipinski definition) is 1. The van der Waals surface area contributed by atoms with Crippen LogP contribution in [-0.2, 0) is 0 Å². The number of hydrogen-bond acceptors (Lipinski definition) is 4. The van der Waals surface area contributed by atoms with Crippen molar-refractivity contribution in [3.63, 3.8) is 0 Å². The molecule has 2 aliphatic carbocycles. The van der Waals surface area contributed by atoms with E-state index in [4.69, 9.17) is 4.98 Å². The number of pyridine rings is 1. The first kappa shape index (κ1) is 14.7. The highest BCUT2D eigenvalue weighted by atomic mass is 16.1. The van der Waals surface area contributed by atoms with Gasteiger partial charge in [-0.05, 0) is 31.7 Å². The van der Waals surface area contributed by atoms with Gasteiger partial charge in [-0.3, -0.25) is 9.36 Å². The fourth-order valence-electron chi connectivity index (χ4n) is 4.05. The Morgan fingerprint density at radius 2 is 1.74 bits per heavy atom. The van der Waals surface area contributed by atoms with E-state index < -0.39 is 0 Å². The first-order valence-corrected chi connectivity index (χ1v) is 8.96. The first-order valence-electron chi connectivity index (χ1n) is 8.96. The average Bonchev–Trinajstić information content (AvgIpc) is 3.09. The molecule has 0 amide bonds. The van der Waals surface area contributed by atoms with E-state index >= 15 is 0 Å². The van der Waals surface area contributed by atoms with Crippen LogP contribution in [0.4, 0.5) is 5.95 Å². The minimum Gasteiger partial charge on any atom is -0.351 e. The van der Waals surface area contributed by atoms with Crippen LogP contribution < -0.4 is 10.9 Å². The predicted octanol–water partition coefficient (Wildman–Crippen LogP) is 3.65. The Labute approximate surface area is 136 Å². The molecule has 0 unspecified atom stereocenters. The second kappa shape index (κ2) is 6.30. The van der Waals surface area contributed by atoms with Gasteiger partial charge in [0.05, 0.1) is 0 Å². The minimum absolute atomic E-state index is 0.0618. The summed E-state index contributed by atoms with van der Waals surface area (Å²) in [5.74, 6) is 0.668. The zero-order valence-corrected chi connectivity index (χ0v) is 13.5. The molecule has 2 aromatic heterocycles. The van der Waals surface area contributed by atoms with E-state index in [9.17, 15) is 4.79 Å². The summed E-state index contributed by atoms with van der Waals surface area (Å²) in [6.45, 7) is 0. The van der Waals surface area contributed by atoms with Crippen molar-refractivity contribution >= 4 is 17.0 Å². The van der Waals surface area contributed by atoms with Gasteiger partial charge in [0, 0.05) is 29.7 Å². The number of nitrogens with one attached hydrogen (secondary N) is 1. The second-order valence-corrected chi connectivity index (χ2v) is 6.93. The SMILES string of the molecule is O=c1ccc2cnc(NC3CCCCC3)nc2n1C1CCCC1. The largest absolute Gasteiger partial charge is 0.351 e. The molecule has 2 heterocycles. The molecule has 23 heavy (non-hydrogen) atoms. The number of anilines is 1. The molecule has 0 aliphatic heterocycles. The maximum Gasteiger partial charge on any atom is 0.252 e. The van der Waals surface area contributed by atoms with Crippen molar-refractivity contribution in [1.29, 1.82) is 0 Å². The van der Waals surface area contributed by atoms with Crippen molar-refractivity contribution in [2.24, 2.45) is 0 Å². The fraction of sp³-hybridized carbons (Fsp3) is 0.611. The molecule has 122 valence electrons. The summed E-state index contributed by atoms with van der Waals surface area (Å²) in [5.41, 5.74) is 0.851. The van der Waals surface area contributed by atoms with E-state index in [0.717, 1.165) is 23.9 Å². The van der Waals surface area contributed by atoms with Gasteiger partial charge >= 0.3 is 0 Å². The molecule has 2 aromatic rings. The lowest BCUT2D eigenvalue weighted by atomic mass is 9.96. The number of aromatic nitrogens is 3. The van der Waals surface area contributed by atoms with Gasteiger partial charge in [-0.1, -0.05) is 32.1 Å². The van der Waals surface area contributed by atoms with Gasteiger partial charge < -0.3 is 5.32 Å². The summed E-state index contributed by atoms with van der Waals surface area (Å²) < 4.78 is 1.90. The summed E-state index contributed by atoms with van der Waals surface area (Å²) >= 11 is 0. The van der Waals surface area contributed by atoms with E-state index in [0.29, 0.717) is 18.0 Å². The van der Waals surface area contributed by atoms with E-state index in [1.165, 1.54) is 44.9 Å². The molecule has 4 rings (SSSR count). The van der Waals surface area contributed by atoms with Gasteiger partial charge in [-0.25, -0.2) is 4.98 Å². The van der Waals surface area contributed by atoms with E-state index in [-0.39, 0.29) is 5.56 Å². The Kier molecular flexibility index (Phi) is 4.02. The molecule has 5 heteroatoms. The van der Waals surface area contributed by atoms with Gasteiger partial charge in [-0.2, -0.15) is 4.98 Å². The quantitative estimate of drug-likeness (QED) is 0.940. The number of fused-ring (bicyclic) bond motifs is 1. The third-order valence-corrected chi connectivity index (χ3v) is 5.30. The second-order valence-electron chi connectivity index (χ2n) is 6.93. The maximum absolute atomic E-state index is 12.4. The summed E-state index contributed by atoms with van der Waals surface area (Å²) in [5, 5.41) is 4.42. The average molecular weight is 312 g/mol. The Bertz CT molecular complexity index is 742. The monoisotopic (exact) mass is 312 g/mol. The van der Waals surface area contributed by atoms with Gasteiger partial charge in [0.1, 0.15) is 5.65 Å². The van der Waals surface area contributed by atoms with Gasteiger partial charge in [0.15, 0.2) is 0 Å². The molecule has 0 radical (unpaired) electrons. The van der Waals surface area contributed by atoms with Crippen LogP contribution in [0.25, 0.3) is 11.0 Å². The zero-order valence-electron chi connectivity index (χ0n) is 13.5. The highest BCUT2D eigenvalue weighted by molar-refractivity contribution is 5.75. The van der Waals surface area contributed by atoms with Crippen LogP contribution in [-0.4, -0.2) is 20.6 Å². The fourth-order valence-corrected chi connectivity index (χ4v) is 4.05. The van der Waals surface area contributed by atoms with Crippen LogP contribution in [0.15, 0.2) is 23.1 Å². The Morgan fingerprint density at radius 3 is 2.52 bits per heavy atom. The van der Waals surface area contributed by atoms with Crippen LogP contribution in [0.2, 0.25) is 0 Å². The maximum atomic E-state index is 12.4. The van der Waals surface area contributed by atoms with E-state index in [1.54, 1.807) is 6.07 Å². The zero-order chi connectivity index (χ0) is 15.6. The molecule has 0 aromatic carbocycles. The van der Waals surface area contributed by atoms with Gasteiger partial charge in [0.2, 0.25) is 5.95 Å². The lowest BCUT2D eigenvalue weighted by Gasteiger charge is -2.23.